The van der Waals surface area contributed by atoms with Crippen LogP contribution in [0.4, 0.5) is 0 Å². The highest BCUT2D eigenvalue weighted by atomic mass is 16.5. The third kappa shape index (κ3) is 5.33. The van der Waals surface area contributed by atoms with E-state index in [1.165, 1.54) is 5.56 Å². The molecule has 0 bridgehead atoms. The zero-order valence-electron chi connectivity index (χ0n) is 16.2. The molecule has 144 valence electrons. The summed E-state index contributed by atoms with van der Waals surface area (Å²) in [5, 5.41) is 11.6. The lowest BCUT2D eigenvalue weighted by molar-refractivity contribution is -0.143. The monoisotopic (exact) mass is 369 g/mol. The van der Waals surface area contributed by atoms with Crippen molar-refractivity contribution in [3.8, 4) is 5.75 Å². The van der Waals surface area contributed by atoms with Gasteiger partial charge in [0, 0.05) is 5.41 Å². The Morgan fingerprint density at radius 3 is 2.07 bits per heavy atom. The summed E-state index contributed by atoms with van der Waals surface area (Å²) in [4.78, 5) is 23.1. The third-order valence-corrected chi connectivity index (χ3v) is 4.69. The second kappa shape index (κ2) is 8.71. The smallest absolute Gasteiger partial charge is 0.326 e. The lowest BCUT2D eigenvalue weighted by atomic mass is 9.78. The molecule has 5 heteroatoms. The first-order chi connectivity index (χ1) is 12.7. The Morgan fingerprint density at radius 2 is 1.56 bits per heavy atom. The van der Waals surface area contributed by atoms with Gasteiger partial charge in [-0.1, -0.05) is 70.2 Å². The molecule has 0 saturated carbocycles. The van der Waals surface area contributed by atoms with Gasteiger partial charge >= 0.3 is 5.97 Å². The fourth-order valence-corrected chi connectivity index (χ4v) is 2.87. The van der Waals surface area contributed by atoms with Gasteiger partial charge in [0.25, 0.3) is 5.91 Å². The van der Waals surface area contributed by atoms with E-state index in [1.54, 1.807) is 13.8 Å². The minimum absolute atomic E-state index is 0.150. The number of carbonyl (C=O) groups excluding carboxylic acids is 1. The predicted molar refractivity (Wildman–Crippen MR) is 105 cm³/mol. The summed E-state index contributed by atoms with van der Waals surface area (Å²) in [7, 11) is 0. The maximum absolute atomic E-state index is 11.9. The van der Waals surface area contributed by atoms with Gasteiger partial charge in [0.15, 0.2) is 6.61 Å². The van der Waals surface area contributed by atoms with Crippen molar-refractivity contribution in [1.82, 2.24) is 5.32 Å². The van der Waals surface area contributed by atoms with Crippen LogP contribution in [0.5, 0.6) is 5.75 Å². The summed E-state index contributed by atoms with van der Waals surface area (Å²) in [6, 6.07) is 16.9. The maximum atomic E-state index is 11.9. The Hall–Kier alpha value is -2.82. The van der Waals surface area contributed by atoms with Crippen LogP contribution in [0, 0.1) is 5.92 Å². The van der Waals surface area contributed by atoms with Crippen molar-refractivity contribution >= 4 is 11.9 Å². The highest BCUT2D eigenvalue weighted by Gasteiger charge is 2.24. The molecule has 0 saturated heterocycles. The number of rotatable bonds is 8. The van der Waals surface area contributed by atoms with E-state index >= 15 is 0 Å². The fourth-order valence-electron chi connectivity index (χ4n) is 2.87. The van der Waals surface area contributed by atoms with Gasteiger partial charge in [-0.2, -0.15) is 0 Å². The summed E-state index contributed by atoms with van der Waals surface area (Å²) in [5.74, 6) is -1.14. The van der Waals surface area contributed by atoms with Gasteiger partial charge in [0.05, 0.1) is 0 Å². The first kappa shape index (κ1) is 20.5. The average molecular weight is 369 g/mol. The molecule has 0 aliphatic rings. The molecule has 0 aliphatic carbocycles. The molecule has 2 rings (SSSR count). The second-order valence-corrected chi connectivity index (χ2v) is 7.43. The van der Waals surface area contributed by atoms with E-state index in [2.05, 4.69) is 31.3 Å². The molecule has 0 radical (unpaired) electrons. The second-order valence-electron chi connectivity index (χ2n) is 7.43. The molecule has 0 aromatic heterocycles. The molecular formula is C22H27NO4. The largest absolute Gasteiger partial charge is 0.484 e. The van der Waals surface area contributed by atoms with Gasteiger partial charge in [-0.25, -0.2) is 4.79 Å². The topological polar surface area (TPSA) is 75.6 Å². The number of benzene rings is 2. The lowest BCUT2D eigenvalue weighted by Crippen LogP contribution is -2.46. The molecule has 0 aliphatic heterocycles. The van der Waals surface area contributed by atoms with Crippen LogP contribution in [0.25, 0.3) is 0 Å². The Balaban J connectivity index is 1.98. The predicted octanol–water partition coefficient (Wildman–Crippen LogP) is 3.62. The Kier molecular flexibility index (Phi) is 6.61. The maximum Gasteiger partial charge on any atom is 0.326 e. The Bertz CT molecular complexity index is 767. The number of ether oxygens (including phenoxy) is 1. The molecule has 1 unspecified atom stereocenters. The molecular weight excluding hydrogens is 342 g/mol. The molecule has 2 N–H and O–H groups in total. The third-order valence-electron chi connectivity index (χ3n) is 4.69. The molecule has 5 nitrogen and oxygen atoms in total. The highest BCUT2D eigenvalue weighted by molar-refractivity contribution is 5.84. The first-order valence-corrected chi connectivity index (χ1v) is 9.03. The highest BCUT2D eigenvalue weighted by Crippen LogP contribution is 2.32. The van der Waals surface area contributed by atoms with Crippen molar-refractivity contribution in [2.75, 3.05) is 6.61 Å². The van der Waals surface area contributed by atoms with Crippen molar-refractivity contribution < 1.29 is 19.4 Å². The van der Waals surface area contributed by atoms with Gasteiger partial charge in [-0.15, -0.1) is 0 Å². The summed E-state index contributed by atoms with van der Waals surface area (Å²) in [5.41, 5.74) is 2.20. The van der Waals surface area contributed by atoms with Crippen LogP contribution in [0.3, 0.4) is 0 Å². The van der Waals surface area contributed by atoms with Crippen molar-refractivity contribution in [3.63, 3.8) is 0 Å². The van der Waals surface area contributed by atoms with Crippen LogP contribution < -0.4 is 10.1 Å². The Morgan fingerprint density at radius 1 is 1.00 bits per heavy atom. The molecule has 2 aromatic carbocycles. The van der Waals surface area contributed by atoms with Gasteiger partial charge in [-0.3, -0.25) is 4.79 Å². The van der Waals surface area contributed by atoms with Gasteiger partial charge < -0.3 is 15.2 Å². The molecule has 0 heterocycles. The minimum Gasteiger partial charge on any atom is -0.484 e. The number of carboxylic acids is 1. The SMILES string of the molecule is CC(C)C(NC(=O)COc1ccc(C(C)(C)c2ccccc2)cc1)C(=O)O. The van der Waals surface area contributed by atoms with Crippen LogP contribution in [-0.4, -0.2) is 29.6 Å². The van der Waals surface area contributed by atoms with Crippen LogP contribution in [0.15, 0.2) is 54.6 Å². The zero-order valence-corrected chi connectivity index (χ0v) is 16.2. The van der Waals surface area contributed by atoms with Gasteiger partial charge in [0.2, 0.25) is 0 Å². The fraction of sp³-hybridized carbons (Fsp3) is 0.364. The number of aliphatic carboxylic acids is 1. The van der Waals surface area contributed by atoms with Crippen LogP contribution in [-0.2, 0) is 15.0 Å². The van der Waals surface area contributed by atoms with Gasteiger partial charge in [-0.05, 0) is 29.2 Å². The van der Waals surface area contributed by atoms with E-state index in [0.717, 1.165) is 5.56 Å². The quantitative estimate of drug-likeness (QED) is 0.745. The summed E-state index contributed by atoms with van der Waals surface area (Å²) in [6.45, 7) is 7.57. The van der Waals surface area contributed by atoms with E-state index in [0.29, 0.717) is 5.75 Å². The number of carbonyl (C=O) groups is 2. The number of hydrogen-bond donors (Lipinski definition) is 2. The summed E-state index contributed by atoms with van der Waals surface area (Å²) >= 11 is 0. The van der Waals surface area contributed by atoms with Crippen molar-refractivity contribution in [2.24, 2.45) is 5.92 Å². The van der Waals surface area contributed by atoms with Gasteiger partial charge in [0.1, 0.15) is 11.8 Å². The zero-order chi connectivity index (χ0) is 20.0. The van der Waals surface area contributed by atoms with E-state index in [9.17, 15) is 9.59 Å². The number of carboxylic acid groups (broad SMARTS) is 1. The standard InChI is InChI=1S/C22H27NO4/c1-15(2)20(21(25)26)23-19(24)14-27-18-12-10-17(11-13-18)22(3,4)16-8-6-5-7-9-16/h5-13,15,20H,14H2,1-4H3,(H,23,24)(H,25,26). The normalized spacial score (nSPS) is 12.5. The minimum atomic E-state index is -1.05. The summed E-state index contributed by atoms with van der Waals surface area (Å²) < 4.78 is 5.50. The van der Waals surface area contributed by atoms with Crippen molar-refractivity contribution in [3.05, 3.63) is 65.7 Å². The van der Waals surface area contributed by atoms with E-state index in [1.807, 2.05) is 42.5 Å². The average Bonchev–Trinajstić information content (AvgIpc) is 2.65. The molecule has 27 heavy (non-hydrogen) atoms. The molecule has 0 fully saturated rings. The van der Waals surface area contributed by atoms with Crippen molar-refractivity contribution in [2.45, 2.75) is 39.2 Å². The van der Waals surface area contributed by atoms with E-state index in [4.69, 9.17) is 9.84 Å². The Labute approximate surface area is 160 Å². The number of nitrogens with one attached hydrogen (secondary N) is 1. The summed E-state index contributed by atoms with van der Waals surface area (Å²) in [6.07, 6.45) is 0. The number of hydrogen-bond acceptors (Lipinski definition) is 3. The van der Waals surface area contributed by atoms with Crippen molar-refractivity contribution in [1.29, 1.82) is 0 Å². The molecule has 1 amide bonds. The van der Waals surface area contributed by atoms with Crippen LogP contribution in [0.1, 0.15) is 38.8 Å². The van der Waals surface area contributed by atoms with E-state index < -0.39 is 17.9 Å². The molecule has 1 atom stereocenters. The van der Waals surface area contributed by atoms with Crippen LogP contribution in [0.2, 0.25) is 0 Å². The molecule has 2 aromatic rings. The lowest BCUT2D eigenvalue weighted by Gasteiger charge is -2.26. The van der Waals surface area contributed by atoms with Crippen LogP contribution >= 0.6 is 0 Å². The first-order valence-electron chi connectivity index (χ1n) is 9.03. The number of amides is 1. The van der Waals surface area contributed by atoms with E-state index in [-0.39, 0.29) is 17.9 Å². The molecule has 0 spiro atoms.